The lowest BCUT2D eigenvalue weighted by molar-refractivity contribution is 0.669. The number of aromatic nitrogens is 6. The van der Waals surface area contributed by atoms with Gasteiger partial charge in [-0.05, 0) is 91.0 Å². The Kier molecular flexibility index (Phi) is 8.23. The molecular formula is C63H38N6O. The molecule has 0 aliphatic rings. The molecule has 0 fully saturated rings. The third kappa shape index (κ3) is 5.60. The zero-order valence-corrected chi connectivity index (χ0v) is 37.5. The van der Waals surface area contributed by atoms with Crippen LogP contribution in [0.4, 0.5) is 0 Å². The number of benzene rings is 10. The zero-order chi connectivity index (χ0) is 45.9. The molecule has 0 aliphatic carbocycles. The van der Waals surface area contributed by atoms with Crippen molar-refractivity contribution in [1.82, 2.24) is 28.7 Å². The molecule has 0 saturated carbocycles. The molecule has 70 heavy (non-hydrogen) atoms. The monoisotopic (exact) mass is 894 g/mol. The molecule has 15 aromatic rings. The van der Waals surface area contributed by atoms with E-state index in [1.54, 1.807) is 0 Å². The van der Waals surface area contributed by atoms with Gasteiger partial charge in [-0.15, -0.1) is 0 Å². The van der Waals surface area contributed by atoms with Gasteiger partial charge in [-0.25, -0.2) is 15.0 Å². The second-order valence-electron chi connectivity index (χ2n) is 17.9. The van der Waals surface area contributed by atoms with Crippen LogP contribution in [0.15, 0.2) is 235 Å². The number of nitrogens with zero attached hydrogens (tertiary/aromatic N) is 6. The summed E-state index contributed by atoms with van der Waals surface area (Å²) in [7, 11) is 0. The standard InChI is InChI=1S/C63H38N6O/c1-4-18-39(19-5-1)61-64-62(66-63(65-61)41-34-37-54-49(38-41)45-24-13-17-31-53(45)70-54)40-32-35-44(36-33-40)69-52-30-16-12-27-48(52)57-59-55(46-25-10-14-28-50(46)67(59)42-20-6-2-7-21-42)58-56(60(57)69)47-26-11-15-29-51(47)68(58)43-22-8-3-9-23-43/h1-38H. The van der Waals surface area contributed by atoms with Gasteiger partial charge in [0, 0.05) is 76.8 Å². The Hall–Kier alpha value is -9.59. The highest BCUT2D eigenvalue weighted by Crippen LogP contribution is 2.50. The fourth-order valence-electron chi connectivity index (χ4n) is 11.1. The SMILES string of the molecule is c1ccc(-c2nc(-c3ccc(-n4c5ccccc5c5c6c(c7ccccc7n6-c6ccccc6)c6c(c7ccccc7n6-c6ccccc6)c54)cc3)nc(-c3ccc4oc5ccccc5c4c3)n2)cc1. The first-order chi connectivity index (χ1) is 34.7. The largest absolute Gasteiger partial charge is 0.456 e. The van der Waals surface area contributed by atoms with Crippen molar-refractivity contribution in [1.29, 1.82) is 0 Å². The minimum absolute atomic E-state index is 0.595. The highest BCUT2D eigenvalue weighted by molar-refractivity contribution is 6.40. The molecule has 0 radical (unpaired) electrons. The van der Waals surface area contributed by atoms with Crippen molar-refractivity contribution in [2.24, 2.45) is 0 Å². The first kappa shape index (κ1) is 38.5. The van der Waals surface area contributed by atoms with Crippen molar-refractivity contribution in [2.75, 3.05) is 0 Å². The molecule has 10 aromatic carbocycles. The molecule has 0 amide bonds. The molecule has 0 saturated heterocycles. The average molecular weight is 895 g/mol. The minimum atomic E-state index is 0.595. The lowest BCUT2D eigenvalue weighted by Gasteiger charge is -2.14. The summed E-state index contributed by atoms with van der Waals surface area (Å²) in [5, 5.41) is 9.29. The van der Waals surface area contributed by atoms with E-state index >= 15 is 0 Å². The maximum absolute atomic E-state index is 6.19. The van der Waals surface area contributed by atoms with E-state index in [-0.39, 0.29) is 0 Å². The smallest absolute Gasteiger partial charge is 0.164 e. The summed E-state index contributed by atoms with van der Waals surface area (Å²) < 4.78 is 13.6. The van der Waals surface area contributed by atoms with E-state index in [1.165, 1.54) is 43.4 Å². The van der Waals surface area contributed by atoms with Crippen molar-refractivity contribution >= 4 is 87.4 Å². The number of hydrogen-bond donors (Lipinski definition) is 0. The van der Waals surface area contributed by atoms with Crippen LogP contribution in [0.1, 0.15) is 0 Å². The maximum atomic E-state index is 6.19. The van der Waals surface area contributed by atoms with Crippen molar-refractivity contribution < 1.29 is 4.42 Å². The molecule has 0 atom stereocenters. The highest BCUT2D eigenvalue weighted by Gasteiger charge is 2.29. The van der Waals surface area contributed by atoms with E-state index in [0.29, 0.717) is 17.5 Å². The van der Waals surface area contributed by atoms with E-state index in [9.17, 15) is 0 Å². The van der Waals surface area contributed by atoms with E-state index in [0.717, 1.165) is 77.8 Å². The summed E-state index contributed by atoms with van der Waals surface area (Å²) in [5.74, 6) is 1.80. The summed E-state index contributed by atoms with van der Waals surface area (Å²) in [6, 6.07) is 81.5. The van der Waals surface area contributed by atoms with Crippen LogP contribution < -0.4 is 0 Å². The number of hydrogen-bond acceptors (Lipinski definition) is 4. The lowest BCUT2D eigenvalue weighted by atomic mass is 10.0. The molecule has 0 unspecified atom stereocenters. The molecule has 326 valence electrons. The predicted molar refractivity (Wildman–Crippen MR) is 286 cm³/mol. The molecule has 0 spiro atoms. The van der Waals surface area contributed by atoms with Crippen LogP contribution >= 0.6 is 0 Å². The summed E-state index contributed by atoms with van der Waals surface area (Å²) in [6.45, 7) is 0. The van der Waals surface area contributed by atoms with Gasteiger partial charge >= 0.3 is 0 Å². The topological polar surface area (TPSA) is 66.6 Å². The Morgan fingerprint density at radius 2 is 0.629 bits per heavy atom. The van der Waals surface area contributed by atoms with Crippen LogP contribution in [-0.4, -0.2) is 28.7 Å². The molecule has 7 nitrogen and oxygen atoms in total. The molecular weight excluding hydrogens is 857 g/mol. The van der Waals surface area contributed by atoms with Crippen LogP contribution in [0, 0.1) is 0 Å². The molecule has 0 bridgehead atoms. The van der Waals surface area contributed by atoms with Gasteiger partial charge in [0.15, 0.2) is 17.5 Å². The van der Waals surface area contributed by atoms with E-state index in [2.05, 4.69) is 184 Å². The van der Waals surface area contributed by atoms with Gasteiger partial charge in [0.25, 0.3) is 0 Å². The number of rotatable bonds is 6. The van der Waals surface area contributed by atoms with E-state index in [4.69, 9.17) is 19.4 Å². The van der Waals surface area contributed by atoms with Crippen LogP contribution in [0.3, 0.4) is 0 Å². The maximum Gasteiger partial charge on any atom is 0.164 e. The molecule has 15 rings (SSSR count). The summed E-state index contributed by atoms with van der Waals surface area (Å²) >= 11 is 0. The van der Waals surface area contributed by atoms with Crippen molar-refractivity contribution in [3.05, 3.63) is 231 Å². The zero-order valence-electron chi connectivity index (χ0n) is 37.5. The normalized spacial score (nSPS) is 12.0. The summed E-state index contributed by atoms with van der Waals surface area (Å²) in [4.78, 5) is 15.4. The van der Waals surface area contributed by atoms with E-state index < -0.39 is 0 Å². The Balaban J connectivity index is 1.02. The third-order valence-electron chi connectivity index (χ3n) is 14.0. The second-order valence-corrected chi connectivity index (χ2v) is 17.9. The van der Waals surface area contributed by atoms with Crippen LogP contribution in [0.5, 0.6) is 0 Å². The van der Waals surface area contributed by atoms with Crippen molar-refractivity contribution in [3.63, 3.8) is 0 Å². The molecule has 5 heterocycles. The number of fused-ring (bicyclic) bond motifs is 15. The fourth-order valence-corrected chi connectivity index (χ4v) is 11.1. The molecule has 0 N–H and O–H groups in total. The van der Waals surface area contributed by atoms with Crippen LogP contribution in [-0.2, 0) is 0 Å². The van der Waals surface area contributed by atoms with E-state index in [1.807, 2.05) is 60.7 Å². The quantitative estimate of drug-likeness (QED) is 0.167. The average Bonchev–Trinajstić information content (AvgIpc) is 4.18. The van der Waals surface area contributed by atoms with Gasteiger partial charge < -0.3 is 18.1 Å². The Bertz CT molecular complexity index is 4490. The number of para-hydroxylation sites is 6. The van der Waals surface area contributed by atoms with Crippen LogP contribution in [0.25, 0.3) is 139 Å². The third-order valence-corrected chi connectivity index (χ3v) is 14.0. The highest BCUT2D eigenvalue weighted by atomic mass is 16.3. The molecule has 0 aliphatic heterocycles. The van der Waals surface area contributed by atoms with Gasteiger partial charge in [-0.3, -0.25) is 0 Å². The predicted octanol–water partition coefficient (Wildman–Crippen LogP) is 16.1. The second kappa shape index (κ2) is 15.0. The van der Waals surface area contributed by atoms with Gasteiger partial charge in [-0.1, -0.05) is 140 Å². The Morgan fingerprint density at radius 3 is 1.13 bits per heavy atom. The van der Waals surface area contributed by atoms with Crippen molar-refractivity contribution in [3.8, 4) is 51.2 Å². The van der Waals surface area contributed by atoms with Gasteiger partial charge in [-0.2, -0.15) is 0 Å². The first-order valence-corrected chi connectivity index (χ1v) is 23.6. The Morgan fingerprint density at radius 1 is 0.271 bits per heavy atom. The summed E-state index contributed by atoms with van der Waals surface area (Å²) in [6.07, 6.45) is 0. The molecule has 5 aromatic heterocycles. The first-order valence-electron chi connectivity index (χ1n) is 23.6. The number of furan rings is 1. The molecule has 7 heteroatoms. The lowest BCUT2D eigenvalue weighted by Crippen LogP contribution is -2.01. The fraction of sp³-hybridized carbons (Fsp3) is 0. The minimum Gasteiger partial charge on any atom is -0.456 e. The van der Waals surface area contributed by atoms with Gasteiger partial charge in [0.05, 0.1) is 33.1 Å². The summed E-state index contributed by atoms with van der Waals surface area (Å²) in [5.41, 5.74) is 14.6. The Labute approximate surface area is 400 Å². The van der Waals surface area contributed by atoms with Gasteiger partial charge in [0.2, 0.25) is 0 Å². The van der Waals surface area contributed by atoms with Gasteiger partial charge in [0.1, 0.15) is 11.2 Å². The van der Waals surface area contributed by atoms with Crippen LogP contribution in [0.2, 0.25) is 0 Å². The van der Waals surface area contributed by atoms with Crippen molar-refractivity contribution in [2.45, 2.75) is 0 Å².